The lowest BCUT2D eigenvalue weighted by molar-refractivity contribution is 0.757. The molecular weight excluding hydrogens is 246 g/mol. The summed E-state index contributed by atoms with van der Waals surface area (Å²) in [4.78, 5) is 0. The van der Waals surface area contributed by atoms with Gasteiger partial charge in [-0.25, -0.2) is 0 Å². The van der Waals surface area contributed by atoms with Crippen molar-refractivity contribution in [3.8, 4) is 0 Å². The Hall–Kier alpha value is -1.48. The Morgan fingerprint density at radius 3 is 2.67 bits per heavy atom. The van der Waals surface area contributed by atoms with Crippen LogP contribution >= 0.6 is 11.6 Å². The van der Waals surface area contributed by atoms with Crippen molar-refractivity contribution in [3.05, 3.63) is 46.2 Å². The number of benzene rings is 1. The number of rotatable bonds is 4. The predicted molar refractivity (Wildman–Crippen MR) is 76.1 cm³/mol. The maximum atomic E-state index is 6.21. The van der Waals surface area contributed by atoms with Crippen molar-refractivity contribution in [2.75, 3.05) is 5.32 Å². The van der Waals surface area contributed by atoms with Crippen LogP contribution in [0, 0.1) is 6.92 Å². The molecule has 96 valence electrons. The molecular formula is C14H18ClN3. The van der Waals surface area contributed by atoms with Crippen LogP contribution in [0.2, 0.25) is 5.15 Å². The summed E-state index contributed by atoms with van der Waals surface area (Å²) in [6.07, 6.45) is 1.02. The average molecular weight is 264 g/mol. The molecule has 0 aliphatic carbocycles. The molecule has 18 heavy (non-hydrogen) atoms. The van der Waals surface area contributed by atoms with Crippen molar-refractivity contribution < 1.29 is 0 Å². The summed E-state index contributed by atoms with van der Waals surface area (Å²) < 4.78 is 1.71. The van der Waals surface area contributed by atoms with E-state index in [-0.39, 0.29) is 0 Å². The Morgan fingerprint density at radius 1 is 1.33 bits per heavy atom. The topological polar surface area (TPSA) is 29.9 Å². The molecule has 1 aromatic heterocycles. The van der Waals surface area contributed by atoms with Gasteiger partial charge in [-0.05, 0) is 25.0 Å². The standard InChI is InChI=1S/C14H18ClN3/c1-4-11-7-5-6-8-13(11)16-9-12-10(2)17-18(3)14(12)15/h5-8,16H,4,9H2,1-3H3. The van der Waals surface area contributed by atoms with Crippen LogP contribution in [0.4, 0.5) is 5.69 Å². The molecule has 3 nitrogen and oxygen atoms in total. The van der Waals surface area contributed by atoms with Gasteiger partial charge in [0.2, 0.25) is 0 Å². The van der Waals surface area contributed by atoms with Crippen molar-refractivity contribution in [1.82, 2.24) is 9.78 Å². The third-order valence-corrected chi connectivity index (χ3v) is 3.60. The van der Waals surface area contributed by atoms with Crippen molar-refractivity contribution in [2.24, 2.45) is 7.05 Å². The highest BCUT2D eigenvalue weighted by molar-refractivity contribution is 6.30. The number of hydrogen-bond donors (Lipinski definition) is 1. The lowest BCUT2D eigenvalue weighted by atomic mass is 10.1. The van der Waals surface area contributed by atoms with Crippen molar-refractivity contribution in [3.63, 3.8) is 0 Å². The van der Waals surface area contributed by atoms with Crippen LogP contribution in [-0.2, 0) is 20.0 Å². The first-order valence-electron chi connectivity index (χ1n) is 6.13. The van der Waals surface area contributed by atoms with Gasteiger partial charge in [-0.1, -0.05) is 36.7 Å². The quantitative estimate of drug-likeness (QED) is 0.914. The molecule has 2 rings (SSSR count). The minimum atomic E-state index is 0.703. The van der Waals surface area contributed by atoms with Crippen LogP contribution in [0.3, 0.4) is 0 Å². The zero-order chi connectivity index (χ0) is 13.1. The maximum Gasteiger partial charge on any atom is 0.131 e. The number of nitrogens with one attached hydrogen (secondary N) is 1. The SMILES string of the molecule is CCc1ccccc1NCc1c(C)nn(C)c1Cl. The Kier molecular flexibility index (Phi) is 3.92. The fourth-order valence-electron chi connectivity index (χ4n) is 2.06. The van der Waals surface area contributed by atoms with Crippen molar-refractivity contribution in [1.29, 1.82) is 0 Å². The molecule has 0 atom stereocenters. The van der Waals surface area contributed by atoms with E-state index in [0.717, 1.165) is 17.7 Å². The second-order valence-electron chi connectivity index (χ2n) is 4.34. The average Bonchev–Trinajstić information content (AvgIpc) is 2.62. The van der Waals surface area contributed by atoms with Gasteiger partial charge in [-0.15, -0.1) is 0 Å². The van der Waals surface area contributed by atoms with Crippen LogP contribution in [0.15, 0.2) is 24.3 Å². The minimum Gasteiger partial charge on any atom is -0.381 e. The van der Waals surface area contributed by atoms with Gasteiger partial charge < -0.3 is 5.32 Å². The number of para-hydroxylation sites is 1. The molecule has 2 aromatic rings. The zero-order valence-electron chi connectivity index (χ0n) is 11.0. The summed E-state index contributed by atoms with van der Waals surface area (Å²) in [5, 5.41) is 8.45. The van der Waals surface area contributed by atoms with Gasteiger partial charge in [0, 0.05) is 24.8 Å². The van der Waals surface area contributed by atoms with E-state index in [2.05, 4.69) is 35.5 Å². The summed E-state index contributed by atoms with van der Waals surface area (Å²) in [6.45, 7) is 4.84. The zero-order valence-corrected chi connectivity index (χ0v) is 11.8. The van der Waals surface area contributed by atoms with Gasteiger partial charge in [-0.3, -0.25) is 4.68 Å². The molecule has 0 amide bonds. The summed E-state index contributed by atoms with van der Waals surface area (Å²) in [5.41, 5.74) is 4.52. The molecule has 1 N–H and O–H groups in total. The van der Waals surface area contributed by atoms with E-state index in [1.807, 2.05) is 20.0 Å². The van der Waals surface area contributed by atoms with E-state index in [9.17, 15) is 0 Å². The van der Waals surface area contributed by atoms with E-state index >= 15 is 0 Å². The van der Waals surface area contributed by atoms with Gasteiger partial charge in [0.05, 0.1) is 5.69 Å². The Labute approximate surface area is 113 Å². The maximum absolute atomic E-state index is 6.21. The summed E-state index contributed by atoms with van der Waals surface area (Å²) in [5.74, 6) is 0. The minimum absolute atomic E-state index is 0.703. The fourth-order valence-corrected chi connectivity index (χ4v) is 2.30. The van der Waals surface area contributed by atoms with Gasteiger partial charge >= 0.3 is 0 Å². The third kappa shape index (κ3) is 2.51. The summed E-state index contributed by atoms with van der Waals surface area (Å²) in [6, 6.07) is 8.34. The molecule has 1 aromatic carbocycles. The molecule has 0 saturated heterocycles. The molecule has 0 radical (unpaired) electrons. The normalized spacial score (nSPS) is 10.7. The first kappa shape index (κ1) is 13.0. The number of halogens is 1. The Bertz CT molecular complexity index is 546. The van der Waals surface area contributed by atoms with Crippen LogP contribution in [-0.4, -0.2) is 9.78 Å². The van der Waals surface area contributed by atoms with E-state index in [1.54, 1.807) is 4.68 Å². The van der Waals surface area contributed by atoms with Gasteiger partial charge in [0.15, 0.2) is 0 Å². The van der Waals surface area contributed by atoms with E-state index < -0.39 is 0 Å². The lowest BCUT2D eigenvalue weighted by Gasteiger charge is -2.10. The van der Waals surface area contributed by atoms with Gasteiger partial charge in [0.25, 0.3) is 0 Å². The Morgan fingerprint density at radius 2 is 2.06 bits per heavy atom. The Balaban J connectivity index is 2.16. The van der Waals surface area contributed by atoms with Crippen molar-refractivity contribution >= 4 is 17.3 Å². The molecule has 0 spiro atoms. The predicted octanol–water partition coefficient (Wildman–Crippen LogP) is 3.56. The van der Waals surface area contributed by atoms with Gasteiger partial charge in [0.1, 0.15) is 5.15 Å². The van der Waals surface area contributed by atoms with Crippen LogP contribution in [0.25, 0.3) is 0 Å². The summed E-state index contributed by atoms with van der Waals surface area (Å²) in [7, 11) is 1.86. The lowest BCUT2D eigenvalue weighted by Crippen LogP contribution is -2.03. The molecule has 0 fully saturated rings. The molecule has 4 heteroatoms. The highest BCUT2D eigenvalue weighted by Crippen LogP contribution is 2.21. The van der Waals surface area contributed by atoms with Gasteiger partial charge in [-0.2, -0.15) is 5.10 Å². The first-order chi connectivity index (χ1) is 8.63. The first-order valence-corrected chi connectivity index (χ1v) is 6.51. The highest BCUT2D eigenvalue weighted by atomic mass is 35.5. The summed E-state index contributed by atoms with van der Waals surface area (Å²) >= 11 is 6.21. The second-order valence-corrected chi connectivity index (χ2v) is 4.70. The highest BCUT2D eigenvalue weighted by Gasteiger charge is 2.11. The molecule has 0 saturated carbocycles. The molecule has 0 bridgehead atoms. The molecule has 0 aliphatic rings. The second kappa shape index (κ2) is 5.44. The number of hydrogen-bond acceptors (Lipinski definition) is 2. The monoisotopic (exact) mass is 263 g/mol. The largest absolute Gasteiger partial charge is 0.381 e. The van der Waals surface area contributed by atoms with Crippen molar-refractivity contribution in [2.45, 2.75) is 26.8 Å². The molecule has 1 heterocycles. The third-order valence-electron chi connectivity index (χ3n) is 3.12. The number of anilines is 1. The van der Waals surface area contributed by atoms with Crippen LogP contribution in [0.5, 0.6) is 0 Å². The molecule has 0 aliphatic heterocycles. The van der Waals surface area contributed by atoms with E-state index in [4.69, 9.17) is 11.6 Å². The molecule has 0 unspecified atom stereocenters. The van der Waals surface area contributed by atoms with E-state index in [1.165, 1.54) is 11.3 Å². The van der Waals surface area contributed by atoms with E-state index in [0.29, 0.717) is 11.7 Å². The van der Waals surface area contributed by atoms with Crippen LogP contribution < -0.4 is 5.32 Å². The fraction of sp³-hybridized carbons (Fsp3) is 0.357. The number of nitrogens with zero attached hydrogens (tertiary/aromatic N) is 2. The number of aryl methyl sites for hydroxylation is 3. The number of aromatic nitrogens is 2. The smallest absolute Gasteiger partial charge is 0.131 e. The van der Waals surface area contributed by atoms with Crippen LogP contribution in [0.1, 0.15) is 23.7 Å².